The van der Waals surface area contributed by atoms with Gasteiger partial charge in [0.05, 0.1) is 16.9 Å². The molecule has 0 bridgehead atoms. The minimum atomic E-state index is 0.557. The molecule has 0 amide bonds. The Morgan fingerprint density at radius 2 is 2.06 bits per heavy atom. The molecule has 0 radical (unpaired) electrons. The summed E-state index contributed by atoms with van der Waals surface area (Å²) >= 11 is 6.09. The van der Waals surface area contributed by atoms with Gasteiger partial charge in [-0.1, -0.05) is 11.6 Å². The molecule has 0 aliphatic heterocycles. The predicted molar refractivity (Wildman–Crippen MR) is 70.0 cm³/mol. The molecule has 2 aromatic heterocycles. The van der Waals surface area contributed by atoms with E-state index in [4.69, 9.17) is 17.3 Å². The van der Waals surface area contributed by atoms with Gasteiger partial charge >= 0.3 is 0 Å². The first-order valence-corrected chi connectivity index (χ1v) is 5.55. The van der Waals surface area contributed by atoms with Gasteiger partial charge in [0.25, 0.3) is 0 Å². The van der Waals surface area contributed by atoms with Crippen LogP contribution in [0.3, 0.4) is 0 Å². The highest BCUT2D eigenvalue weighted by Crippen LogP contribution is 2.24. The first-order chi connectivity index (χ1) is 8.16. The molecule has 17 heavy (non-hydrogen) atoms. The SMILES string of the molecule is CN(Cc1ccncc1)c1ncc(N)cc1Cl. The summed E-state index contributed by atoms with van der Waals surface area (Å²) in [5.74, 6) is 0.720. The molecule has 0 aliphatic rings. The van der Waals surface area contributed by atoms with Crippen LogP contribution in [0.15, 0.2) is 36.8 Å². The van der Waals surface area contributed by atoms with Crippen LogP contribution < -0.4 is 10.6 Å². The first-order valence-electron chi connectivity index (χ1n) is 5.18. The van der Waals surface area contributed by atoms with Crippen molar-refractivity contribution in [3.8, 4) is 0 Å². The number of rotatable bonds is 3. The van der Waals surface area contributed by atoms with Crippen LogP contribution in [0.5, 0.6) is 0 Å². The van der Waals surface area contributed by atoms with Crippen molar-refractivity contribution in [1.29, 1.82) is 0 Å². The highest BCUT2D eigenvalue weighted by molar-refractivity contribution is 6.33. The van der Waals surface area contributed by atoms with Gasteiger partial charge in [-0.2, -0.15) is 0 Å². The Hall–Kier alpha value is -1.81. The second kappa shape index (κ2) is 5.01. The molecule has 2 heterocycles. The van der Waals surface area contributed by atoms with Crippen LogP contribution in [0.4, 0.5) is 11.5 Å². The quantitative estimate of drug-likeness (QED) is 0.906. The molecule has 4 nitrogen and oxygen atoms in total. The molecule has 2 N–H and O–H groups in total. The summed E-state index contributed by atoms with van der Waals surface area (Å²) in [6, 6.07) is 5.62. The van der Waals surface area contributed by atoms with Crippen molar-refractivity contribution in [2.45, 2.75) is 6.54 Å². The Kier molecular flexibility index (Phi) is 3.44. The molecule has 88 valence electrons. The Bertz CT molecular complexity index is 501. The molecule has 2 rings (SSSR count). The zero-order valence-electron chi connectivity index (χ0n) is 9.47. The van der Waals surface area contributed by atoms with E-state index in [1.165, 1.54) is 0 Å². The third-order valence-electron chi connectivity index (χ3n) is 2.37. The zero-order valence-corrected chi connectivity index (χ0v) is 10.2. The standard InChI is InChI=1S/C12H13ClN4/c1-17(8-9-2-4-15-5-3-9)12-11(13)6-10(14)7-16-12/h2-7H,8,14H2,1H3. The number of anilines is 2. The van der Waals surface area contributed by atoms with Crippen LogP contribution in [0.2, 0.25) is 5.02 Å². The maximum atomic E-state index is 6.09. The predicted octanol–water partition coefficient (Wildman–Crippen LogP) is 2.35. The highest BCUT2D eigenvalue weighted by Gasteiger charge is 2.08. The number of hydrogen-bond acceptors (Lipinski definition) is 4. The van der Waals surface area contributed by atoms with Gasteiger partial charge in [0, 0.05) is 26.0 Å². The van der Waals surface area contributed by atoms with Gasteiger partial charge in [-0.3, -0.25) is 4.98 Å². The normalized spacial score (nSPS) is 10.2. The van der Waals surface area contributed by atoms with Crippen LogP contribution in [-0.4, -0.2) is 17.0 Å². The minimum absolute atomic E-state index is 0.557. The van der Waals surface area contributed by atoms with E-state index in [-0.39, 0.29) is 0 Å². The highest BCUT2D eigenvalue weighted by atomic mass is 35.5. The second-order valence-corrected chi connectivity index (χ2v) is 4.19. The van der Waals surface area contributed by atoms with Crippen molar-refractivity contribution in [3.63, 3.8) is 0 Å². The fourth-order valence-corrected chi connectivity index (χ4v) is 1.88. The molecule has 0 spiro atoms. The van der Waals surface area contributed by atoms with Gasteiger partial charge in [0.1, 0.15) is 5.82 Å². The Morgan fingerprint density at radius 1 is 1.35 bits per heavy atom. The second-order valence-electron chi connectivity index (χ2n) is 3.79. The Labute approximate surface area is 105 Å². The molecule has 0 aliphatic carbocycles. The lowest BCUT2D eigenvalue weighted by Gasteiger charge is -2.19. The molecule has 0 unspecified atom stereocenters. The third-order valence-corrected chi connectivity index (χ3v) is 2.65. The van der Waals surface area contributed by atoms with Crippen LogP contribution in [-0.2, 0) is 6.54 Å². The molecule has 0 aromatic carbocycles. The van der Waals surface area contributed by atoms with Gasteiger partial charge in [-0.25, -0.2) is 4.98 Å². The van der Waals surface area contributed by atoms with Crippen molar-refractivity contribution in [2.24, 2.45) is 0 Å². The zero-order chi connectivity index (χ0) is 12.3. The number of hydrogen-bond donors (Lipinski definition) is 1. The molecule has 0 saturated carbocycles. The van der Waals surface area contributed by atoms with E-state index < -0.39 is 0 Å². The Morgan fingerprint density at radius 3 is 2.71 bits per heavy atom. The number of aromatic nitrogens is 2. The number of nitrogens with two attached hydrogens (primary N) is 1. The van der Waals surface area contributed by atoms with Crippen LogP contribution in [0.25, 0.3) is 0 Å². The smallest absolute Gasteiger partial charge is 0.147 e. The third kappa shape index (κ3) is 2.85. The molecule has 0 fully saturated rings. The van der Waals surface area contributed by atoms with E-state index in [0.29, 0.717) is 10.7 Å². The van der Waals surface area contributed by atoms with E-state index in [2.05, 4.69) is 9.97 Å². The summed E-state index contributed by atoms with van der Waals surface area (Å²) in [6.45, 7) is 0.721. The summed E-state index contributed by atoms with van der Waals surface area (Å²) in [5.41, 5.74) is 7.32. The van der Waals surface area contributed by atoms with E-state index in [1.807, 2.05) is 24.1 Å². The minimum Gasteiger partial charge on any atom is -0.397 e. The molecule has 0 saturated heterocycles. The lowest BCUT2D eigenvalue weighted by Crippen LogP contribution is -2.18. The number of halogens is 1. The fraction of sp³-hybridized carbons (Fsp3) is 0.167. The topological polar surface area (TPSA) is 55.0 Å². The lowest BCUT2D eigenvalue weighted by atomic mass is 10.2. The summed E-state index contributed by atoms with van der Waals surface area (Å²) in [5, 5.41) is 0.557. The number of nitrogens with zero attached hydrogens (tertiary/aromatic N) is 3. The maximum absolute atomic E-state index is 6.09. The molecule has 0 atom stereocenters. The van der Waals surface area contributed by atoms with Gasteiger partial charge in [0.15, 0.2) is 0 Å². The average Bonchev–Trinajstić information content (AvgIpc) is 2.30. The molecule has 2 aromatic rings. The van der Waals surface area contributed by atoms with Crippen molar-refractivity contribution in [2.75, 3.05) is 17.7 Å². The monoisotopic (exact) mass is 248 g/mol. The first kappa shape index (κ1) is 11.7. The van der Waals surface area contributed by atoms with E-state index in [9.17, 15) is 0 Å². The van der Waals surface area contributed by atoms with Crippen molar-refractivity contribution < 1.29 is 0 Å². The number of nitrogen functional groups attached to an aromatic ring is 1. The van der Waals surface area contributed by atoms with Gasteiger partial charge in [0.2, 0.25) is 0 Å². The van der Waals surface area contributed by atoms with Crippen molar-refractivity contribution in [3.05, 3.63) is 47.4 Å². The van der Waals surface area contributed by atoms with Gasteiger partial charge in [-0.05, 0) is 23.8 Å². The fourth-order valence-electron chi connectivity index (χ4n) is 1.56. The van der Waals surface area contributed by atoms with Crippen LogP contribution >= 0.6 is 11.6 Å². The number of pyridine rings is 2. The molecular formula is C12H13ClN4. The van der Waals surface area contributed by atoms with Crippen molar-refractivity contribution >= 4 is 23.1 Å². The lowest BCUT2D eigenvalue weighted by molar-refractivity contribution is 0.896. The van der Waals surface area contributed by atoms with Gasteiger partial charge in [-0.15, -0.1) is 0 Å². The largest absolute Gasteiger partial charge is 0.397 e. The Balaban J connectivity index is 2.17. The average molecular weight is 249 g/mol. The summed E-state index contributed by atoms with van der Waals surface area (Å²) in [4.78, 5) is 10.2. The van der Waals surface area contributed by atoms with Gasteiger partial charge < -0.3 is 10.6 Å². The van der Waals surface area contributed by atoms with E-state index >= 15 is 0 Å². The summed E-state index contributed by atoms with van der Waals surface area (Å²) in [6.07, 6.45) is 5.13. The maximum Gasteiger partial charge on any atom is 0.147 e. The van der Waals surface area contributed by atoms with E-state index in [1.54, 1.807) is 24.7 Å². The van der Waals surface area contributed by atoms with Crippen molar-refractivity contribution in [1.82, 2.24) is 9.97 Å². The van der Waals surface area contributed by atoms with Crippen LogP contribution in [0.1, 0.15) is 5.56 Å². The van der Waals surface area contributed by atoms with E-state index in [0.717, 1.165) is 17.9 Å². The molecule has 5 heteroatoms. The summed E-state index contributed by atoms with van der Waals surface area (Å²) in [7, 11) is 1.94. The van der Waals surface area contributed by atoms with Crippen LogP contribution in [0, 0.1) is 0 Å². The molecular weight excluding hydrogens is 236 g/mol. The summed E-state index contributed by atoms with van der Waals surface area (Å²) < 4.78 is 0.